The summed E-state index contributed by atoms with van der Waals surface area (Å²) in [5.41, 5.74) is 10.8. The van der Waals surface area contributed by atoms with E-state index in [2.05, 4.69) is 21.3 Å². The largest absolute Gasteiger partial charge is 0.450 e. The van der Waals surface area contributed by atoms with Crippen LogP contribution in [-0.4, -0.2) is 66.5 Å². The lowest BCUT2D eigenvalue weighted by Gasteiger charge is -2.29. The molecule has 1 aliphatic carbocycles. The smallest absolute Gasteiger partial charge is 0.407 e. The zero-order valence-corrected chi connectivity index (χ0v) is 22.8. The Morgan fingerprint density at radius 2 is 1.56 bits per heavy atom. The first-order valence-corrected chi connectivity index (χ1v) is 13.5. The van der Waals surface area contributed by atoms with E-state index in [4.69, 9.17) is 16.2 Å². The number of nitrogens with one attached hydrogen (secondary N) is 4. The number of alkyl carbamates (subject to hydrolysis) is 1. The normalized spacial score (nSPS) is 16.3. The molecule has 1 fully saturated rings. The number of amides is 5. The van der Waals surface area contributed by atoms with Crippen LogP contribution in [-0.2, 0) is 30.3 Å². The summed E-state index contributed by atoms with van der Waals surface area (Å²) in [6.07, 6.45) is 3.30. The van der Waals surface area contributed by atoms with Crippen molar-refractivity contribution in [3.8, 4) is 0 Å². The predicted octanol–water partition coefficient (Wildman–Crippen LogP) is 0.377. The van der Waals surface area contributed by atoms with E-state index in [1.54, 1.807) is 6.92 Å². The Bertz CT molecular complexity index is 982. The fourth-order valence-electron chi connectivity index (χ4n) is 4.54. The first-order valence-electron chi connectivity index (χ1n) is 13.5. The average Bonchev–Trinajstić information content (AvgIpc) is 3.38. The molecule has 12 heteroatoms. The van der Waals surface area contributed by atoms with E-state index < -0.39 is 53.4 Å². The van der Waals surface area contributed by atoms with Gasteiger partial charge in [-0.3, -0.25) is 19.2 Å². The van der Waals surface area contributed by atoms with E-state index in [0.29, 0.717) is 32.2 Å². The SMILES string of the molecule is CCOC(=O)N[C@@H](Cc1ccccc1)C(=O)N[C@@H](CCCCN)C(=O)N[C@@H](C)C(=O)NC1(C(N)=O)CCCC1. The predicted molar refractivity (Wildman–Crippen MR) is 145 cm³/mol. The van der Waals surface area contributed by atoms with Gasteiger partial charge in [0, 0.05) is 6.42 Å². The van der Waals surface area contributed by atoms with Crippen molar-refractivity contribution < 1.29 is 28.7 Å². The second kappa shape index (κ2) is 15.7. The Balaban J connectivity index is 2.12. The highest BCUT2D eigenvalue weighted by Gasteiger charge is 2.42. The molecule has 0 unspecified atom stereocenters. The number of carbonyl (C=O) groups is 5. The lowest BCUT2D eigenvalue weighted by molar-refractivity contribution is -0.135. The molecule has 216 valence electrons. The van der Waals surface area contributed by atoms with E-state index >= 15 is 0 Å². The summed E-state index contributed by atoms with van der Waals surface area (Å²) in [4.78, 5) is 63.5. The molecule has 0 spiro atoms. The Kier molecular flexibility index (Phi) is 12.7. The van der Waals surface area contributed by atoms with Gasteiger partial charge in [0.15, 0.2) is 0 Å². The van der Waals surface area contributed by atoms with Gasteiger partial charge >= 0.3 is 6.09 Å². The van der Waals surface area contributed by atoms with Gasteiger partial charge in [-0.05, 0) is 58.1 Å². The molecular formula is C27H42N6O6. The van der Waals surface area contributed by atoms with Crippen LogP contribution >= 0.6 is 0 Å². The molecule has 0 bridgehead atoms. The maximum Gasteiger partial charge on any atom is 0.407 e. The van der Waals surface area contributed by atoms with Crippen molar-refractivity contribution in [3.05, 3.63) is 35.9 Å². The number of hydrogen-bond donors (Lipinski definition) is 6. The highest BCUT2D eigenvalue weighted by Crippen LogP contribution is 2.29. The summed E-state index contributed by atoms with van der Waals surface area (Å²) in [6.45, 7) is 3.69. The Labute approximate surface area is 229 Å². The van der Waals surface area contributed by atoms with Crippen molar-refractivity contribution in [2.75, 3.05) is 13.2 Å². The highest BCUT2D eigenvalue weighted by molar-refractivity contribution is 5.96. The van der Waals surface area contributed by atoms with Crippen molar-refractivity contribution in [2.45, 2.75) is 88.9 Å². The number of unbranched alkanes of at least 4 members (excludes halogenated alkanes) is 1. The molecule has 0 aliphatic heterocycles. The third-order valence-electron chi connectivity index (χ3n) is 6.79. The van der Waals surface area contributed by atoms with Crippen LogP contribution in [0.25, 0.3) is 0 Å². The molecule has 3 atom stereocenters. The average molecular weight is 547 g/mol. The summed E-state index contributed by atoms with van der Waals surface area (Å²) in [6, 6.07) is 6.14. The molecule has 2 rings (SSSR count). The summed E-state index contributed by atoms with van der Waals surface area (Å²) in [7, 11) is 0. The van der Waals surface area contributed by atoms with Gasteiger partial charge < -0.3 is 37.5 Å². The lowest BCUT2D eigenvalue weighted by atomic mass is 9.96. The molecule has 0 radical (unpaired) electrons. The van der Waals surface area contributed by atoms with Gasteiger partial charge in [0.05, 0.1) is 6.61 Å². The van der Waals surface area contributed by atoms with Crippen molar-refractivity contribution in [3.63, 3.8) is 0 Å². The standard InChI is InChI=1S/C27H42N6O6/c1-3-39-26(38)32-21(17-19-11-5-4-6-12-19)24(36)31-20(13-7-10-16-28)23(35)30-18(2)22(34)33-27(25(29)37)14-8-9-15-27/h4-6,11-12,18,20-21H,3,7-10,13-17,28H2,1-2H3,(H2,29,37)(H,30,35)(H,31,36)(H,32,38)(H,33,34)/t18-,20-,21-/m0/s1. The first-order chi connectivity index (χ1) is 18.6. The minimum atomic E-state index is -1.12. The monoisotopic (exact) mass is 546 g/mol. The van der Waals surface area contributed by atoms with Crippen molar-refractivity contribution in [2.24, 2.45) is 11.5 Å². The molecule has 0 saturated heterocycles. The fourth-order valence-corrected chi connectivity index (χ4v) is 4.54. The molecule has 8 N–H and O–H groups in total. The van der Waals surface area contributed by atoms with Crippen LogP contribution in [0.15, 0.2) is 30.3 Å². The van der Waals surface area contributed by atoms with Crippen LogP contribution in [0.3, 0.4) is 0 Å². The van der Waals surface area contributed by atoms with Crippen LogP contribution in [0.2, 0.25) is 0 Å². The van der Waals surface area contributed by atoms with Crippen LogP contribution < -0.4 is 32.7 Å². The van der Waals surface area contributed by atoms with E-state index in [-0.39, 0.29) is 19.4 Å². The molecule has 1 aromatic rings. The number of carbonyl (C=O) groups excluding carboxylic acids is 5. The molecule has 1 aromatic carbocycles. The first kappa shape index (κ1) is 31.5. The van der Waals surface area contributed by atoms with E-state index in [1.165, 1.54) is 6.92 Å². The fraction of sp³-hybridized carbons (Fsp3) is 0.593. The van der Waals surface area contributed by atoms with Gasteiger partial charge in [-0.1, -0.05) is 43.2 Å². The van der Waals surface area contributed by atoms with Gasteiger partial charge in [0.2, 0.25) is 23.6 Å². The molecule has 39 heavy (non-hydrogen) atoms. The second-order valence-electron chi connectivity index (χ2n) is 9.83. The van der Waals surface area contributed by atoms with Crippen molar-refractivity contribution in [1.29, 1.82) is 0 Å². The van der Waals surface area contributed by atoms with Gasteiger partial charge in [-0.25, -0.2) is 4.79 Å². The van der Waals surface area contributed by atoms with Crippen molar-refractivity contribution >= 4 is 29.7 Å². The maximum atomic E-state index is 13.3. The number of nitrogens with two attached hydrogens (primary N) is 2. The van der Waals surface area contributed by atoms with Gasteiger partial charge in [0.1, 0.15) is 23.7 Å². The zero-order chi connectivity index (χ0) is 28.8. The number of hydrogen-bond acceptors (Lipinski definition) is 7. The van der Waals surface area contributed by atoms with Gasteiger partial charge in [-0.15, -0.1) is 0 Å². The Hall–Kier alpha value is -3.67. The van der Waals surface area contributed by atoms with Crippen LogP contribution in [0, 0.1) is 0 Å². The topological polar surface area (TPSA) is 195 Å². The van der Waals surface area contributed by atoms with Crippen LogP contribution in [0.4, 0.5) is 4.79 Å². The molecular weight excluding hydrogens is 504 g/mol. The molecule has 12 nitrogen and oxygen atoms in total. The minimum absolute atomic E-state index is 0.132. The minimum Gasteiger partial charge on any atom is -0.450 e. The molecule has 1 aliphatic rings. The quantitative estimate of drug-likeness (QED) is 0.171. The lowest BCUT2D eigenvalue weighted by Crippen LogP contribution is -2.61. The number of rotatable bonds is 15. The van der Waals surface area contributed by atoms with E-state index in [0.717, 1.165) is 18.4 Å². The Morgan fingerprint density at radius 1 is 0.923 bits per heavy atom. The molecule has 5 amide bonds. The molecule has 0 aromatic heterocycles. The van der Waals surface area contributed by atoms with Crippen LogP contribution in [0.1, 0.15) is 64.4 Å². The Morgan fingerprint density at radius 3 is 2.15 bits per heavy atom. The van der Waals surface area contributed by atoms with Gasteiger partial charge in [0.25, 0.3) is 0 Å². The zero-order valence-electron chi connectivity index (χ0n) is 22.8. The summed E-state index contributed by atoms with van der Waals surface area (Å²) in [5, 5.41) is 10.6. The summed E-state index contributed by atoms with van der Waals surface area (Å²) in [5.74, 6) is -2.29. The third-order valence-corrected chi connectivity index (χ3v) is 6.79. The number of ether oxygens (including phenoxy) is 1. The van der Waals surface area contributed by atoms with E-state index in [9.17, 15) is 24.0 Å². The van der Waals surface area contributed by atoms with Crippen molar-refractivity contribution in [1.82, 2.24) is 21.3 Å². The number of primary amides is 1. The molecule has 0 heterocycles. The third kappa shape index (κ3) is 9.86. The van der Waals surface area contributed by atoms with E-state index in [1.807, 2.05) is 30.3 Å². The van der Waals surface area contributed by atoms with Crippen LogP contribution in [0.5, 0.6) is 0 Å². The summed E-state index contributed by atoms with van der Waals surface area (Å²) >= 11 is 0. The summed E-state index contributed by atoms with van der Waals surface area (Å²) < 4.78 is 4.95. The van der Waals surface area contributed by atoms with Gasteiger partial charge in [-0.2, -0.15) is 0 Å². The number of benzene rings is 1. The highest BCUT2D eigenvalue weighted by atomic mass is 16.5. The molecule has 1 saturated carbocycles. The maximum absolute atomic E-state index is 13.3. The second-order valence-corrected chi connectivity index (χ2v) is 9.83.